The second-order valence-electron chi connectivity index (χ2n) is 8.20. The third-order valence-corrected chi connectivity index (χ3v) is 6.02. The normalized spacial score (nSPS) is 26.0. The molecule has 3 heterocycles. The summed E-state index contributed by atoms with van der Waals surface area (Å²) in [7, 11) is 0. The van der Waals surface area contributed by atoms with Gasteiger partial charge in [0, 0.05) is 45.0 Å². The van der Waals surface area contributed by atoms with Gasteiger partial charge in [-0.2, -0.15) is 0 Å². The maximum Gasteiger partial charge on any atom is 0.255 e. The maximum absolute atomic E-state index is 12.8. The highest BCUT2D eigenvalue weighted by atomic mass is 16.5. The Labute approximate surface area is 180 Å². The number of benzene rings is 1. The van der Waals surface area contributed by atoms with Crippen LogP contribution >= 0.6 is 0 Å². The number of nitrogens with zero attached hydrogens (tertiary/aromatic N) is 2. The predicted molar refractivity (Wildman–Crippen MR) is 109 cm³/mol. The molecule has 2 fully saturated rings. The van der Waals surface area contributed by atoms with Crippen molar-refractivity contribution >= 4 is 23.6 Å². The summed E-state index contributed by atoms with van der Waals surface area (Å²) in [4.78, 5) is 51.6. The summed E-state index contributed by atoms with van der Waals surface area (Å²) >= 11 is 0. The average Bonchev–Trinajstić information content (AvgIpc) is 3.04. The topological polar surface area (TPSA) is 105 Å². The quantitative estimate of drug-likeness (QED) is 0.696. The molecule has 1 aromatic carbocycles. The van der Waals surface area contributed by atoms with E-state index in [0.29, 0.717) is 50.4 Å². The van der Waals surface area contributed by atoms with E-state index in [2.05, 4.69) is 5.32 Å². The first-order valence-corrected chi connectivity index (χ1v) is 10.7. The fourth-order valence-electron chi connectivity index (χ4n) is 4.52. The molecule has 9 heteroatoms. The Morgan fingerprint density at radius 3 is 2.68 bits per heavy atom. The Morgan fingerprint density at radius 2 is 1.97 bits per heavy atom. The minimum absolute atomic E-state index is 0.0163. The first-order valence-electron chi connectivity index (χ1n) is 10.7. The minimum atomic E-state index is -0.642. The van der Waals surface area contributed by atoms with Crippen molar-refractivity contribution < 1.29 is 28.7 Å². The van der Waals surface area contributed by atoms with Gasteiger partial charge in [-0.25, -0.2) is 0 Å². The molecule has 9 nitrogen and oxygen atoms in total. The van der Waals surface area contributed by atoms with Crippen LogP contribution in [0.3, 0.4) is 0 Å². The molecule has 1 aromatic rings. The molecule has 4 rings (SSSR count). The number of likely N-dealkylation sites (tertiary alicyclic amines) is 1. The summed E-state index contributed by atoms with van der Waals surface area (Å²) < 4.78 is 11.9. The number of fused-ring (bicyclic) bond motifs is 1. The summed E-state index contributed by atoms with van der Waals surface area (Å²) in [6, 6.07) is 4.63. The van der Waals surface area contributed by atoms with Gasteiger partial charge in [0.05, 0.1) is 12.6 Å². The summed E-state index contributed by atoms with van der Waals surface area (Å²) in [5.74, 6) is -0.353. The molecule has 0 spiro atoms. The van der Waals surface area contributed by atoms with Gasteiger partial charge in [0.25, 0.3) is 5.91 Å². The van der Waals surface area contributed by atoms with Crippen LogP contribution in [0.2, 0.25) is 0 Å². The van der Waals surface area contributed by atoms with Gasteiger partial charge >= 0.3 is 0 Å². The highest BCUT2D eigenvalue weighted by Gasteiger charge is 2.39. The average molecular weight is 429 g/mol. The van der Waals surface area contributed by atoms with Gasteiger partial charge in [-0.15, -0.1) is 0 Å². The Bertz CT molecular complexity index is 917. The lowest BCUT2D eigenvalue weighted by Gasteiger charge is -2.37. The maximum atomic E-state index is 12.8. The molecule has 0 aliphatic carbocycles. The lowest BCUT2D eigenvalue weighted by Crippen LogP contribution is -2.52. The largest absolute Gasteiger partial charge is 0.488 e. The molecule has 4 amide bonds. The zero-order chi connectivity index (χ0) is 22.1. The summed E-state index contributed by atoms with van der Waals surface area (Å²) in [5.41, 5.74) is 1.33. The van der Waals surface area contributed by atoms with E-state index < -0.39 is 11.9 Å². The molecule has 0 radical (unpaired) electrons. The van der Waals surface area contributed by atoms with Gasteiger partial charge in [0.15, 0.2) is 0 Å². The predicted octanol–water partition coefficient (Wildman–Crippen LogP) is 0.852. The van der Waals surface area contributed by atoms with Gasteiger partial charge < -0.3 is 19.3 Å². The molecule has 3 aliphatic heterocycles. The Morgan fingerprint density at radius 1 is 1.19 bits per heavy atom. The fourth-order valence-corrected chi connectivity index (χ4v) is 4.52. The lowest BCUT2D eigenvalue weighted by atomic mass is 10.0. The number of hydrogen-bond acceptors (Lipinski definition) is 6. The number of imide groups is 1. The van der Waals surface area contributed by atoms with Crippen LogP contribution in [0.5, 0.6) is 5.75 Å². The standard InChI is InChI=1S/C22H27N3O6/c1-3-30-16-9-17(12-24(11-16)13(2)26)31-15-4-5-18-14(8-15)10-25(22(18)29)19-6-7-20(27)23-21(19)28/h4-5,8,16-17,19H,3,6-7,9-12H2,1-2H3,(H,23,27,28)/t16-,17-,19?/m1/s1. The van der Waals surface area contributed by atoms with Crippen molar-refractivity contribution in [2.45, 2.75) is 57.9 Å². The number of carbonyl (C=O) groups excluding carboxylic acids is 4. The van der Waals surface area contributed by atoms with Gasteiger partial charge in [-0.3, -0.25) is 24.5 Å². The van der Waals surface area contributed by atoms with Crippen molar-refractivity contribution in [2.24, 2.45) is 0 Å². The van der Waals surface area contributed by atoms with Crippen molar-refractivity contribution in [1.82, 2.24) is 15.1 Å². The first-order chi connectivity index (χ1) is 14.9. The van der Waals surface area contributed by atoms with Crippen molar-refractivity contribution in [3.8, 4) is 5.75 Å². The molecule has 3 atom stereocenters. The van der Waals surface area contributed by atoms with Crippen LogP contribution in [0.25, 0.3) is 0 Å². The molecule has 0 saturated carbocycles. The van der Waals surface area contributed by atoms with Crippen molar-refractivity contribution in [3.63, 3.8) is 0 Å². The molecule has 1 N–H and O–H groups in total. The van der Waals surface area contributed by atoms with Crippen LogP contribution in [-0.4, -0.2) is 71.4 Å². The molecular formula is C22H27N3O6. The van der Waals surface area contributed by atoms with E-state index in [9.17, 15) is 19.2 Å². The zero-order valence-electron chi connectivity index (χ0n) is 17.8. The van der Waals surface area contributed by atoms with Gasteiger partial charge in [0.1, 0.15) is 17.9 Å². The minimum Gasteiger partial charge on any atom is -0.488 e. The monoisotopic (exact) mass is 429 g/mol. The second-order valence-corrected chi connectivity index (χ2v) is 8.20. The van der Waals surface area contributed by atoms with Crippen molar-refractivity contribution in [3.05, 3.63) is 29.3 Å². The molecule has 2 saturated heterocycles. The van der Waals surface area contributed by atoms with Crippen LogP contribution in [0.15, 0.2) is 18.2 Å². The van der Waals surface area contributed by atoms with Crippen LogP contribution < -0.4 is 10.1 Å². The fraction of sp³-hybridized carbons (Fsp3) is 0.545. The summed E-state index contributed by atoms with van der Waals surface area (Å²) in [5, 5.41) is 2.31. The van der Waals surface area contributed by atoms with E-state index in [0.717, 1.165) is 5.56 Å². The Balaban J connectivity index is 1.46. The number of hydrogen-bond donors (Lipinski definition) is 1. The number of nitrogens with one attached hydrogen (secondary N) is 1. The molecule has 31 heavy (non-hydrogen) atoms. The third-order valence-electron chi connectivity index (χ3n) is 6.02. The molecule has 0 aromatic heterocycles. The first kappa shape index (κ1) is 21.3. The number of carbonyl (C=O) groups is 4. The van der Waals surface area contributed by atoms with E-state index in [1.165, 1.54) is 11.8 Å². The summed E-state index contributed by atoms with van der Waals surface area (Å²) in [6.07, 6.45) is 0.938. The molecular weight excluding hydrogens is 402 g/mol. The number of rotatable bonds is 5. The van der Waals surface area contributed by atoms with Gasteiger partial charge in [-0.05, 0) is 37.1 Å². The molecule has 166 valence electrons. The lowest BCUT2D eigenvalue weighted by molar-refractivity contribution is -0.137. The van der Waals surface area contributed by atoms with Gasteiger partial charge in [-0.1, -0.05) is 0 Å². The van der Waals surface area contributed by atoms with Crippen LogP contribution in [0.4, 0.5) is 0 Å². The SMILES string of the molecule is CCO[C@@H]1C[C@@H](Oc2ccc3c(c2)CN(C2CCC(=O)NC2=O)C3=O)CN(C(C)=O)C1. The second kappa shape index (κ2) is 8.66. The Kier molecular flexibility index (Phi) is 5.95. The Hall–Kier alpha value is -2.94. The van der Waals surface area contributed by atoms with E-state index in [-0.39, 0.29) is 36.4 Å². The van der Waals surface area contributed by atoms with E-state index in [1.807, 2.05) is 13.0 Å². The van der Waals surface area contributed by atoms with E-state index in [4.69, 9.17) is 9.47 Å². The van der Waals surface area contributed by atoms with Crippen molar-refractivity contribution in [2.75, 3.05) is 19.7 Å². The summed E-state index contributed by atoms with van der Waals surface area (Å²) in [6.45, 7) is 5.37. The molecule has 3 aliphatic rings. The van der Waals surface area contributed by atoms with Crippen LogP contribution in [-0.2, 0) is 25.7 Å². The van der Waals surface area contributed by atoms with Crippen molar-refractivity contribution in [1.29, 1.82) is 0 Å². The number of piperidine rings is 2. The molecule has 1 unspecified atom stereocenters. The van der Waals surface area contributed by atoms with E-state index >= 15 is 0 Å². The third kappa shape index (κ3) is 4.41. The highest BCUT2D eigenvalue weighted by Crippen LogP contribution is 2.31. The van der Waals surface area contributed by atoms with E-state index in [1.54, 1.807) is 17.0 Å². The van der Waals surface area contributed by atoms with Crippen LogP contribution in [0, 0.1) is 0 Å². The number of ether oxygens (including phenoxy) is 2. The smallest absolute Gasteiger partial charge is 0.255 e. The molecule has 0 bridgehead atoms. The highest BCUT2D eigenvalue weighted by molar-refractivity contribution is 6.05. The zero-order valence-corrected chi connectivity index (χ0v) is 17.8. The van der Waals surface area contributed by atoms with Gasteiger partial charge in [0.2, 0.25) is 17.7 Å². The number of amides is 4. The van der Waals surface area contributed by atoms with Crippen LogP contribution in [0.1, 0.15) is 49.0 Å².